The molecular weight excluding hydrogens is 268 g/mol. The smallest absolute Gasteiger partial charge is 0.317 e. The van der Waals surface area contributed by atoms with Gasteiger partial charge in [-0.3, -0.25) is 4.79 Å². The van der Waals surface area contributed by atoms with Gasteiger partial charge in [-0.2, -0.15) is 0 Å². The van der Waals surface area contributed by atoms with E-state index in [1.807, 2.05) is 4.90 Å². The Morgan fingerprint density at radius 2 is 1.90 bits per heavy atom. The summed E-state index contributed by atoms with van der Waals surface area (Å²) in [6.07, 6.45) is 6.65. The van der Waals surface area contributed by atoms with Gasteiger partial charge in [0.2, 0.25) is 0 Å². The van der Waals surface area contributed by atoms with Gasteiger partial charge in [-0.05, 0) is 43.4 Å². The lowest BCUT2D eigenvalue weighted by atomic mass is 9.97. The van der Waals surface area contributed by atoms with E-state index in [0.717, 1.165) is 37.8 Å². The molecule has 0 aromatic rings. The maximum atomic E-state index is 12.1. The molecule has 2 amide bonds. The van der Waals surface area contributed by atoms with E-state index < -0.39 is 5.97 Å². The van der Waals surface area contributed by atoms with Gasteiger partial charge >= 0.3 is 12.0 Å². The first-order valence-corrected chi connectivity index (χ1v) is 8.34. The van der Waals surface area contributed by atoms with E-state index in [9.17, 15) is 9.59 Å². The number of nitrogens with one attached hydrogen (secondary N) is 1. The summed E-state index contributed by atoms with van der Waals surface area (Å²) >= 11 is 0. The number of carbonyl (C=O) groups excluding carboxylic acids is 1. The lowest BCUT2D eigenvalue weighted by Crippen LogP contribution is -2.39. The number of carboxylic acids is 1. The summed E-state index contributed by atoms with van der Waals surface area (Å²) in [6.45, 7) is 4.58. The predicted molar refractivity (Wildman–Crippen MR) is 81.1 cm³/mol. The zero-order chi connectivity index (χ0) is 15.2. The first-order chi connectivity index (χ1) is 10.1. The Kier molecular flexibility index (Phi) is 5.88. The molecule has 1 aliphatic carbocycles. The van der Waals surface area contributed by atoms with Crippen LogP contribution in [-0.2, 0) is 4.79 Å². The fourth-order valence-corrected chi connectivity index (χ4v) is 3.78. The SMILES string of the molecule is CCC(CCNC(=O)N1CC2CCCC2C1)CCC(=O)O. The third-order valence-electron chi connectivity index (χ3n) is 5.19. The van der Waals surface area contributed by atoms with E-state index in [1.165, 1.54) is 19.3 Å². The Morgan fingerprint density at radius 1 is 1.24 bits per heavy atom. The number of carbonyl (C=O) groups is 2. The molecule has 21 heavy (non-hydrogen) atoms. The van der Waals surface area contributed by atoms with Crippen molar-refractivity contribution >= 4 is 12.0 Å². The zero-order valence-electron chi connectivity index (χ0n) is 13.0. The van der Waals surface area contributed by atoms with Crippen LogP contribution in [0.1, 0.15) is 51.9 Å². The van der Waals surface area contributed by atoms with Gasteiger partial charge in [0.15, 0.2) is 0 Å². The molecule has 2 N–H and O–H groups in total. The number of urea groups is 1. The highest BCUT2D eigenvalue weighted by molar-refractivity contribution is 5.74. The summed E-state index contributed by atoms with van der Waals surface area (Å²) in [5.41, 5.74) is 0. The van der Waals surface area contributed by atoms with Gasteiger partial charge in [-0.25, -0.2) is 4.79 Å². The van der Waals surface area contributed by atoms with Crippen molar-refractivity contribution in [2.24, 2.45) is 17.8 Å². The second-order valence-electron chi connectivity index (χ2n) is 6.58. The lowest BCUT2D eigenvalue weighted by molar-refractivity contribution is -0.137. The number of carboxylic acid groups (broad SMARTS) is 1. The highest BCUT2D eigenvalue weighted by Crippen LogP contribution is 2.37. The standard InChI is InChI=1S/C16H28N2O3/c1-2-12(6-7-15(19)20)8-9-17-16(21)18-10-13-4-3-5-14(13)11-18/h12-14H,2-11H2,1H3,(H,17,21)(H,19,20). The maximum Gasteiger partial charge on any atom is 0.317 e. The molecule has 1 saturated carbocycles. The number of fused-ring (bicyclic) bond motifs is 1. The average molecular weight is 296 g/mol. The summed E-state index contributed by atoms with van der Waals surface area (Å²) in [6, 6.07) is 0.0671. The number of nitrogens with zero attached hydrogens (tertiary/aromatic N) is 1. The number of aliphatic carboxylic acids is 1. The van der Waals surface area contributed by atoms with Crippen LogP contribution in [0.3, 0.4) is 0 Å². The third-order valence-corrected chi connectivity index (χ3v) is 5.19. The van der Waals surface area contributed by atoms with Crippen molar-refractivity contribution in [1.29, 1.82) is 0 Å². The van der Waals surface area contributed by atoms with E-state index in [-0.39, 0.29) is 12.5 Å². The highest BCUT2D eigenvalue weighted by atomic mass is 16.4. The molecule has 3 atom stereocenters. The summed E-state index contributed by atoms with van der Waals surface area (Å²) in [5.74, 6) is 1.12. The Bertz CT molecular complexity index is 361. The van der Waals surface area contributed by atoms with Crippen molar-refractivity contribution in [1.82, 2.24) is 10.2 Å². The normalized spacial score (nSPS) is 25.7. The minimum absolute atomic E-state index is 0.0671. The fourth-order valence-electron chi connectivity index (χ4n) is 3.78. The van der Waals surface area contributed by atoms with E-state index in [2.05, 4.69) is 12.2 Å². The van der Waals surface area contributed by atoms with Crippen LogP contribution in [0, 0.1) is 17.8 Å². The fraction of sp³-hybridized carbons (Fsp3) is 0.875. The van der Waals surface area contributed by atoms with Gasteiger partial charge in [0, 0.05) is 26.1 Å². The molecule has 120 valence electrons. The molecule has 1 saturated heterocycles. The van der Waals surface area contributed by atoms with Crippen LogP contribution in [0.25, 0.3) is 0 Å². The van der Waals surface area contributed by atoms with Crippen molar-refractivity contribution in [3.63, 3.8) is 0 Å². The summed E-state index contributed by atoms with van der Waals surface area (Å²) < 4.78 is 0. The predicted octanol–water partition coefficient (Wildman–Crippen LogP) is 2.71. The minimum atomic E-state index is -0.735. The second-order valence-corrected chi connectivity index (χ2v) is 6.58. The monoisotopic (exact) mass is 296 g/mol. The summed E-state index contributed by atoms with van der Waals surface area (Å²) in [7, 11) is 0. The molecule has 5 heteroatoms. The van der Waals surface area contributed by atoms with Crippen LogP contribution in [0.5, 0.6) is 0 Å². The maximum absolute atomic E-state index is 12.1. The quantitative estimate of drug-likeness (QED) is 0.759. The first kappa shape index (κ1) is 16.1. The van der Waals surface area contributed by atoms with E-state index in [1.54, 1.807) is 0 Å². The second kappa shape index (κ2) is 7.66. The van der Waals surface area contributed by atoms with E-state index in [0.29, 0.717) is 18.9 Å². The Morgan fingerprint density at radius 3 is 2.48 bits per heavy atom. The Labute approximate surface area is 127 Å². The van der Waals surface area contributed by atoms with Gasteiger partial charge in [0.1, 0.15) is 0 Å². The highest BCUT2D eigenvalue weighted by Gasteiger charge is 2.37. The molecule has 0 spiro atoms. The summed E-state index contributed by atoms with van der Waals surface area (Å²) in [4.78, 5) is 24.7. The van der Waals surface area contributed by atoms with Crippen LogP contribution < -0.4 is 5.32 Å². The molecule has 0 bridgehead atoms. The van der Waals surface area contributed by atoms with Gasteiger partial charge in [-0.15, -0.1) is 0 Å². The van der Waals surface area contributed by atoms with Crippen LogP contribution in [0.15, 0.2) is 0 Å². The molecule has 2 aliphatic rings. The van der Waals surface area contributed by atoms with Crippen molar-refractivity contribution < 1.29 is 14.7 Å². The molecule has 5 nitrogen and oxygen atoms in total. The zero-order valence-corrected chi connectivity index (χ0v) is 13.0. The Balaban J connectivity index is 1.63. The van der Waals surface area contributed by atoms with E-state index in [4.69, 9.17) is 5.11 Å². The van der Waals surface area contributed by atoms with Crippen LogP contribution in [0.2, 0.25) is 0 Å². The van der Waals surface area contributed by atoms with Gasteiger partial charge in [-0.1, -0.05) is 19.8 Å². The molecule has 0 radical (unpaired) electrons. The molecular formula is C16H28N2O3. The molecule has 2 rings (SSSR count). The number of rotatable bonds is 7. The Hall–Kier alpha value is -1.26. The number of hydrogen-bond donors (Lipinski definition) is 2. The number of likely N-dealkylation sites (tertiary alicyclic amines) is 1. The van der Waals surface area contributed by atoms with Crippen LogP contribution in [0.4, 0.5) is 4.79 Å². The minimum Gasteiger partial charge on any atom is -0.481 e. The molecule has 0 aromatic heterocycles. The van der Waals surface area contributed by atoms with Crippen molar-refractivity contribution in [2.75, 3.05) is 19.6 Å². The number of amides is 2. The van der Waals surface area contributed by atoms with Gasteiger partial charge < -0.3 is 15.3 Å². The summed E-state index contributed by atoms with van der Waals surface area (Å²) in [5, 5.41) is 11.7. The van der Waals surface area contributed by atoms with E-state index >= 15 is 0 Å². The van der Waals surface area contributed by atoms with Gasteiger partial charge in [0.05, 0.1) is 0 Å². The van der Waals surface area contributed by atoms with Crippen molar-refractivity contribution in [3.8, 4) is 0 Å². The third kappa shape index (κ3) is 4.61. The molecule has 1 aliphatic heterocycles. The average Bonchev–Trinajstić information content (AvgIpc) is 3.03. The molecule has 0 aromatic carbocycles. The topological polar surface area (TPSA) is 69.6 Å². The molecule has 2 fully saturated rings. The number of hydrogen-bond acceptors (Lipinski definition) is 2. The van der Waals surface area contributed by atoms with Crippen LogP contribution >= 0.6 is 0 Å². The largest absolute Gasteiger partial charge is 0.481 e. The lowest BCUT2D eigenvalue weighted by Gasteiger charge is -2.19. The first-order valence-electron chi connectivity index (χ1n) is 8.34. The molecule has 3 unspecified atom stereocenters. The molecule has 1 heterocycles. The van der Waals surface area contributed by atoms with Crippen molar-refractivity contribution in [3.05, 3.63) is 0 Å². The van der Waals surface area contributed by atoms with Crippen molar-refractivity contribution in [2.45, 2.75) is 51.9 Å². The van der Waals surface area contributed by atoms with Gasteiger partial charge in [0.25, 0.3) is 0 Å². The van der Waals surface area contributed by atoms with Crippen LogP contribution in [-0.4, -0.2) is 41.6 Å².